The molecule has 0 saturated heterocycles. The highest BCUT2D eigenvalue weighted by molar-refractivity contribution is 5.77. The van der Waals surface area contributed by atoms with E-state index in [4.69, 9.17) is 4.74 Å². The Kier molecular flexibility index (Phi) is 3.90. The van der Waals surface area contributed by atoms with Crippen molar-refractivity contribution in [3.05, 3.63) is 48.0 Å². The van der Waals surface area contributed by atoms with Crippen LogP contribution >= 0.6 is 0 Å². The standard InChI is InChI=1S/C12H12FN3O2/c13-10-3-1-2-4-11(10)18-8-12(17)14-5-9-6-15-16-7-9/h1-4,6-7H,5,8H2,(H,14,17)(H,15,16). The summed E-state index contributed by atoms with van der Waals surface area (Å²) in [5, 5.41) is 9.01. The van der Waals surface area contributed by atoms with Crippen LogP contribution in [0, 0.1) is 5.82 Å². The van der Waals surface area contributed by atoms with Crippen LogP contribution in [0.5, 0.6) is 5.75 Å². The quantitative estimate of drug-likeness (QED) is 0.837. The SMILES string of the molecule is O=C(COc1ccccc1F)NCc1cn[nH]c1. The highest BCUT2D eigenvalue weighted by Gasteiger charge is 2.06. The van der Waals surface area contributed by atoms with Crippen molar-refractivity contribution in [2.75, 3.05) is 6.61 Å². The van der Waals surface area contributed by atoms with Crippen molar-refractivity contribution in [2.24, 2.45) is 0 Å². The number of benzene rings is 1. The molecule has 94 valence electrons. The third kappa shape index (κ3) is 3.31. The van der Waals surface area contributed by atoms with E-state index in [0.717, 1.165) is 5.56 Å². The van der Waals surface area contributed by atoms with Crippen molar-refractivity contribution in [3.8, 4) is 5.75 Å². The summed E-state index contributed by atoms with van der Waals surface area (Å²) < 4.78 is 18.2. The predicted molar refractivity (Wildman–Crippen MR) is 62.3 cm³/mol. The third-order valence-electron chi connectivity index (χ3n) is 2.24. The lowest BCUT2D eigenvalue weighted by atomic mass is 10.3. The summed E-state index contributed by atoms with van der Waals surface area (Å²) in [6.45, 7) is 0.134. The lowest BCUT2D eigenvalue weighted by molar-refractivity contribution is -0.123. The zero-order valence-electron chi connectivity index (χ0n) is 9.52. The first kappa shape index (κ1) is 12.1. The summed E-state index contributed by atoms with van der Waals surface area (Å²) in [4.78, 5) is 11.4. The van der Waals surface area contributed by atoms with Crippen LogP contribution in [0.1, 0.15) is 5.56 Å². The number of para-hydroxylation sites is 1. The number of halogens is 1. The molecule has 0 unspecified atom stereocenters. The number of hydrogen-bond acceptors (Lipinski definition) is 3. The van der Waals surface area contributed by atoms with Crippen LogP contribution in [0.15, 0.2) is 36.7 Å². The van der Waals surface area contributed by atoms with Gasteiger partial charge >= 0.3 is 0 Å². The molecule has 0 aliphatic carbocycles. The van der Waals surface area contributed by atoms with Crippen molar-refractivity contribution in [3.63, 3.8) is 0 Å². The van der Waals surface area contributed by atoms with Gasteiger partial charge in [-0.05, 0) is 12.1 Å². The Morgan fingerprint density at radius 1 is 1.44 bits per heavy atom. The van der Waals surface area contributed by atoms with E-state index in [1.165, 1.54) is 12.1 Å². The number of carbonyl (C=O) groups is 1. The van der Waals surface area contributed by atoms with Crippen molar-refractivity contribution in [2.45, 2.75) is 6.54 Å². The highest BCUT2D eigenvalue weighted by atomic mass is 19.1. The molecule has 1 amide bonds. The summed E-state index contributed by atoms with van der Waals surface area (Å²) >= 11 is 0. The molecule has 0 spiro atoms. The number of aromatic amines is 1. The molecular formula is C12H12FN3O2. The zero-order valence-corrected chi connectivity index (χ0v) is 9.52. The summed E-state index contributed by atoms with van der Waals surface area (Å²) in [6, 6.07) is 5.94. The van der Waals surface area contributed by atoms with Gasteiger partial charge in [-0.15, -0.1) is 0 Å². The Balaban J connectivity index is 1.77. The monoisotopic (exact) mass is 249 g/mol. The molecule has 2 rings (SSSR count). The minimum Gasteiger partial charge on any atom is -0.481 e. The maximum absolute atomic E-state index is 13.2. The molecule has 0 radical (unpaired) electrons. The van der Waals surface area contributed by atoms with Gasteiger partial charge in [0.05, 0.1) is 6.20 Å². The Hall–Kier alpha value is -2.37. The molecule has 1 heterocycles. The summed E-state index contributed by atoms with van der Waals surface area (Å²) in [6.07, 6.45) is 3.29. The number of nitrogens with zero attached hydrogens (tertiary/aromatic N) is 1. The number of carbonyl (C=O) groups excluding carboxylic acids is 1. The van der Waals surface area contributed by atoms with Gasteiger partial charge in [-0.25, -0.2) is 4.39 Å². The first-order valence-corrected chi connectivity index (χ1v) is 5.37. The number of ether oxygens (including phenoxy) is 1. The number of H-pyrrole nitrogens is 1. The molecule has 0 aliphatic rings. The van der Waals surface area contributed by atoms with Gasteiger partial charge in [0.15, 0.2) is 18.2 Å². The van der Waals surface area contributed by atoms with Crippen LogP contribution in [0.2, 0.25) is 0 Å². The van der Waals surface area contributed by atoms with E-state index in [0.29, 0.717) is 6.54 Å². The Morgan fingerprint density at radius 2 is 2.28 bits per heavy atom. The molecule has 2 aromatic rings. The van der Waals surface area contributed by atoms with Crippen LogP contribution in [0.25, 0.3) is 0 Å². The Morgan fingerprint density at radius 3 is 3.00 bits per heavy atom. The van der Waals surface area contributed by atoms with E-state index >= 15 is 0 Å². The van der Waals surface area contributed by atoms with E-state index < -0.39 is 5.82 Å². The molecule has 0 fully saturated rings. The number of hydrogen-bond donors (Lipinski definition) is 2. The van der Waals surface area contributed by atoms with Gasteiger partial charge in [0.25, 0.3) is 5.91 Å². The first-order valence-electron chi connectivity index (χ1n) is 5.37. The average Bonchev–Trinajstić information content (AvgIpc) is 2.88. The normalized spacial score (nSPS) is 10.1. The van der Waals surface area contributed by atoms with E-state index in [1.807, 2.05) is 0 Å². The maximum Gasteiger partial charge on any atom is 0.258 e. The zero-order chi connectivity index (χ0) is 12.8. The fraction of sp³-hybridized carbons (Fsp3) is 0.167. The van der Waals surface area contributed by atoms with Gasteiger partial charge < -0.3 is 10.1 Å². The number of amides is 1. The van der Waals surface area contributed by atoms with Gasteiger partial charge in [0.2, 0.25) is 0 Å². The molecule has 1 aromatic heterocycles. The van der Waals surface area contributed by atoms with E-state index in [2.05, 4.69) is 15.5 Å². The summed E-state index contributed by atoms with van der Waals surface area (Å²) in [7, 11) is 0. The second-order valence-electron chi connectivity index (χ2n) is 3.60. The molecule has 2 N–H and O–H groups in total. The van der Waals surface area contributed by atoms with Crippen molar-refractivity contribution in [1.29, 1.82) is 0 Å². The Labute approximate surface area is 103 Å². The fourth-order valence-corrected chi connectivity index (χ4v) is 1.33. The minimum absolute atomic E-state index is 0.0657. The molecule has 18 heavy (non-hydrogen) atoms. The molecule has 0 aliphatic heterocycles. The van der Waals surface area contributed by atoms with Crippen molar-refractivity contribution < 1.29 is 13.9 Å². The summed E-state index contributed by atoms with van der Waals surface area (Å²) in [5.41, 5.74) is 0.856. The topological polar surface area (TPSA) is 67.0 Å². The van der Waals surface area contributed by atoms with E-state index in [-0.39, 0.29) is 18.3 Å². The molecular weight excluding hydrogens is 237 g/mol. The predicted octanol–water partition coefficient (Wildman–Crippen LogP) is 1.24. The number of aromatic nitrogens is 2. The van der Waals surface area contributed by atoms with Crippen molar-refractivity contribution in [1.82, 2.24) is 15.5 Å². The van der Waals surface area contributed by atoms with Crippen LogP contribution in [0.3, 0.4) is 0 Å². The minimum atomic E-state index is -0.486. The van der Waals surface area contributed by atoms with Gasteiger partial charge in [-0.2, -0.15) is 5.10 Å². The van der Waals surface area contributed by atoms with Crippen LogP contribution in [-0.4, -0.2) is 22.7 Å². The molecule has 6 heteroatoms. The third-order valence-corrected chi connectivity index (χ3v) is 2.24. The van der Waals surface area contributed by atoms with Crippen LogP contribution in [0.4, 0.5) is 4.39 Å². The highest BCUT2D eigenvalue weighted by Crippen LogP contribution is 2.14. The van der Waals surface area contributed by atoms with Gasteiger partial charge in [0.1, 0.15) is 0 Å². The lowest BCUT2D eigenvalue weighted by Gasteiger charge is -2.07. The molecule has 0 saturated carbocycles. The molecule has 0 atom stereocenters. The van der Waals surface area contributed by atoms with E-state index in [1.54, 1.807) is 24.5 Å². The second-order valence-corrected chi connectivity index (χ2v) is 3.60. The largest absolute Gasteiger partial charge is 0.481 e. The maximum atomic E-state index is 13.2. The smallest absolute Gasteiger partial charge is 0.258 e. The first-order chi connectivity index (χ1) is 8.75. The van der Waals surface area contributed by atoms with Crippen LogP contribution < -0.4 is 10.1 Å². The summed E-state index contributed by atoms with van der Waals surface area (Å²) in [5.74, 6) is -0.740. The van der Waals surface area contributed by atoms with Gasteiger partial charge in [0, 0.05) is 18.3 Å². The number of rotatable bonds is 5. The van der Waals surface area contributed by atoms with E-state index in [9.17, 15) is 9.18 Å². The van der Waals surface area contributed by atoms with Gasteiger partial charge in [-0.1, -0.05) is 12.1 Å². The molecule has 0 bridgehead atoms. The molecule has 1 aromatic carbocycles. The van der Waals surface area contributed by atoms with Gasteiger partial charge in [-0.3, -0.25) is 9.89 Å². The lowest BCUT2D eigenvalue weighted by Crippen LogP contribution is -2.28. The van der Waals surface area contributed by atoms with Crippen molar-refractivity contribution >= 4 is 5.91 Å². The second kappa shape index (κ2) is 5.81. The Bertz CT molecular complexity index is 514. The molecule has 5 nitrogen and oxygen atoms in total. The number of nitrogens with one attached hydrogen (secondary N) is 2. The van der Waals surface area contributed by atoms with Crippen LogP contribution in [-0.2, 0) is 11.3 Å². The average molecular weight is 249 g/mol. The fourth-order valence-electron chi connectivity index (χ4n) is 1.33.